The minimum absolute atomic E-state index is 0.568. The monoisotopic (exact) mass is 262 g/mol. The molecule has 106 valence electrons. The molecule has 0 bridgehead atoms. The van der Waals surface area contributed by atoms with Gasteiger partial charge in [0.2, 0.25) is 5.95 Å². The lowest BCUT2D eigenvalue weighted by Gasteiger charge is -2.17. The van der Waals surface area contributed by atoms with Crippen molar-refractivity contribution in [2.45, 2.75) is 58.4 Å². The maximum atomic E-state index is 4.52. The maximum Gasteiger partial charge on any atom is 0.224 e. The summed E-state index contributed by atoms with van der Waals surface area (Å²) in [5.41, 5.74) is 0. The van der Waals surface area contributed by atoms with Crippen molar-refractivity contribution in [1.82, 2.24) is 9.97 Å². The SMILES string of the molecule is CCCNc1nccc(NC2CCCC(C)CC2)n1. The first-order valence-corrected chi connectivity index (χ1v) is 7.61. The van der Waals surface area contributed by atoms with Gasteiger partial charge >= 0.3 is 0 Å². The Morgan fingerprint density at radius 2 is 2.16 bits per heavy atom. The van der Waals surface area contributed by atoms with Crippen molar-refractivity contribution in [3.05, 3.63) is 12.3 Å². The van der Waals surface area contributed by atoms with Crippen LogP contribution in [0.25, 0.3) is 0 Å². The van der Waals surface area contributed by atoms with E-state index in [9.17, 15) is 0 Å². The van der Waals surface area contributed by atoms with Crippen LogP contribution < -0.4 is 10.6 Å². The molecule has 1 aromatic heterocycles. The summed E-state index contributed by atoms with van der Waals surface area (Å²) in [6.07, 6.45) is 9.43. The van der Waals surface area contributed by atoms with Gasteiger partial charge in [-0.3, -0.25) is 0 Å². The van der Waals surface area contributed by atoms with Gasteiger partial charge in [0.05, 0.1) is 0 Å². The van der Waals surface area contributed by atoms with Crippen LogP contribution in [0.2, 0.25) is 0 Å². The Hall–Kier alpha value is -1.32. The first-order valence-electron chi connectivity index (χ1n) is 7.61. The Bertz CT molecular complexity index is 380. The Labute approximate surface area is 116 Å². The molecule has 0 saturated heterocycles. The van der Waals surface area contributed by atoms with Crippen molar-refractivity contribution >= 4 is 11.8 Å². The van der Waals surface area contributed by atoms with E-state index < -0.39 is 0 Å². The fourth-order valence-electron chi connectivity index (χ4n) is 2.60. The average molecular weight is 262 g/mol. The van der Waals surface area contributed by atoms with Gasteiger partial charge in [0.15, 0.2) is 0 Å². The maximum absolute atomic E-state index is 4.52. The van der Waals surface area contributed by atoms with Crippen molar-refractivity contribution in [1.29, 1.82) is 0 Å². The number of rotatable bonds is 5. The molecule has 0 spiro atoms. The van der Waals surface area contributed by atoms with E-state index in [1.54, 1.807) is 0 Å². The third-order valence-electron chi connectivity index (χ3n) is 3.80. The van der Waals surface area contributed by atoms with Crippen LogP contribution in [-0.2, 0) is 0 Å². The van der Waals surface area contributed by atoms with Gasteiger partial charge in [-0.1, -0.05) is 26.7 Å². The largest absolute Gasteiger partial charge is 0.367 e. The van der Waals surface area contributed by atoms with Gasteiger partial charge in [0.25, 0.3) is 0 Å². The second-order valence-corrected chi connectivity index (χ2v) is 5.65. The first-order chi connectivity index (χ1) is 9.28. The van der Waals surface area contributed by atoms with Crippen molar-refractivity contribution in [2.75, 3.05) is 17.2 Å². The number of nitrogens with one attached hydrogen (secondary N) is 2. The summed E-state index contributed by atoms with van der Waals surface area (Å²) in [4.78, 5) is 8.76. The summed E-state index contributed by atoms with van der Waals surface area (Å²) >= 11 is 0. The van der Waals surface area contributed by atoms with E-state index in [0.717, 1.165) is 30.6 Å². The lowest BCUT2D eigenvalue weighted by Crippen LogP contribution is -2.19. The molecule has 1 aliphatic rings. The van der Waals surface area contributed by atoms with E-state index in [2.05, 4.69) is 34.4 Å². The number of hydrogen-bond donors (Lipinski definition) is 2. The molecule has 2 N–H and O–H groups in total. The van der Waals surface area contributed by atoms with E-state index in [4.69, 9.17) is 0 Å². The van der Waals surface area contributed by atoms with E-state index in [1.165, 1.54) is 32.1 Å². The molecular weight excluding hydrogens is 236 g/mol. The molecule has 0 amide bonds. The molecule has 0 radical (unpaired) electrons. The van der Waals surface area contributed by atoms with Gasteiger partial charge in [-0.05, 0) is 37.7 Å². The molecule has 1 aromatic rings. The molecule has 4 nitrogen and oxygen atoms in total. The highest BCUT2D eigenvalue weighted by Crippen LogP contribution is 2.24. The van der Waals surface area contributed by atoms with E-state index >= 15 is 0 Å². The van der Waals surface area contributed by atoms with Crippen molar-refractivity contribution in [3.63, 3.8) is 0 Å². The van der Waals surface area contributed by atoms with Crippen molar-refractivity contribution < 1.29 is 0 Å². The Balaban J connectivity index is 1.90. The standard InChI is InChI=1S/C15H26N4/c1-3-10-16-15-17-11-9-14(19-15)18-13-6-4-5-12(2)7-8-13/h9,11-13H,3-8,10H2,1-2H3,(H2,16,17,18,19). The highest BCUT2D eigenvalue weighted by Gasteiger charge is 2.16. The van der Waals surface area contributed by atoms with E-state index in [-0.39, 0.29) is 0 Å². The third-order valence-corrected chi connectivity index (χ3v) is 3.80. The van der Waals surface area contributed by atoms with Crippen LogP contribution in [0, 0.1) is 5.92 Å². The fraction of sp³-hybridized carbons (Fsp3) is 0.733. The summed E-state index contributed by atoms with van der Waals surface area (Å²) in [6.45, 7) is 5.42. The van der Waals surface area contributed by atoms with Gasteiger partial charge in [-0.25, -0.2) is 4.98 Å². The van der Waals surface area contributed by atoms with Crippen LogP contribution in [-0.4, -0.2) is 22.6 Å². The van der Waals surface area contributed by atoms with Crippen LogP contribution in [0.4, 0.5) is 11.8 Å². The van der Waals surface area contributed by atoms with Gasteiger partial charge in [0.1, 0.15) is 5.82 Å². The Morgan fingerprint density at radius 3 is 3.00 bits per heavy atom. The molecule has 1 aliphatic carbocycles. The average Bonchev–Trinajstić information content (AvgIpc) is 2.62. The minimum Gasteiger partial charge on any atom is -0.367 e. The van der Waals surface area contributed by atoms with Crippen LogP contribution in [0.3, 0.4) is 0 Å². The van der Waals surface area contributed by atoms with Gasteiger partial charge in [0, 0.05) is 18.8 Å². The fourth-order valence-corrected chi connectivity index (χ4v) is 2.60. The molecule has 19 heavy (non-hydrogen) atoms. The molecule has 1 saturated carbocycles. The minimum atomic E-state index is 0.568. The van der Waals surface area contributed by atoms with Crippen LogP contribution in [0.1, 0.15) is 52.4 Å². The van der Waals surface area contributed by atoms with E-state index in [0.29, 0.717) is 6.04 Å². The van der Waals surface area contributed by atoms with Crippen LogP contribution in [0.15, 0.2) is 12.3 Å². The molecular formula is C15H26N4. The molecule has 1 fully saturated rings. The quantitative estimate of drug-likeness (QED) is 0.795. The highest BCUT2D eigenvalue weighted by atomic mass is 15.1. The van der Waals surface area contributed by atoms with Crippen molar-refractivity contribution in [2.24, 2.45) is 5.92 Å². The normalized spacial score (nSPS) is 23.7. The lowest BCUT2D eigenvalue weighted by atomic mass is 10.0. The molecule has 4 heteroatoms. The van der Waals surface area contributed by atoms with Gasteiger partial charge in [-0.2, -0.15) is 4.98 Å². The zero-order valence-corrected chi connectivity index (χ0v) is 12.2. The molecule has 1 heterocycles. The Kier molecular flexibility index (Phi) is 5.43. The summed E-state index contributed by atoms with van der Waals surface area (Å²) in [6, 6.07) is 2.53. The predicted molar refractivity (Wildman–Crippen MR) is 80.5 cm³/mol. The lowest BCUT2D eigenvalue weighted by molar-refractivity contribution is 0.502. The second-order valence-electron chi connectivity index (χ2n) is 5.65. The van der Waals surface area contributed by atoms with Crippen LogP contribution in [0.5, 0.6) is 0 Å². The highest BCUT2D eigenvalue weighted by molar-refractivity contribution is 5.40. The number of aromatic nitrogens is 2. The first kappa shape index (κ1) is 14.1. The summed E-state index contributed by atoms with van der Waals surface area (Å²) in [7, 11) is 0. The van der Waals surface area contributed by atoms with Gasteiger partial charge in [-0.15, -0.1) is 0 Å². The summed E-state index contributed by atoms with van der Waals surface area (Å²) in [5, 5.41) is 6.80. The molecule has 2 unspecified atom stereocenters. The van der Waals surface area contributed by atoms with E-state index in [1.807, 2.05) is 12.3 Å². The third kappa shape index (κ3) is 4.69. The zero-order valence-electron chi connectivity index (χ0n) is 12.2. The molecule has 2 atom stereocenters. The van der Waals surface area contributed by atoms with Gasteiger partial charge < -0.3 is 10.6 Å². The summed E-state index contributed by atoms with van der Waals surface area (Å²) < 4.78 is 0. The number of nitrogens with zero attached hydrogens (tertiary/aromatic N) is 2. The second kappa shape index (κ2) is 7.31. The predicted octanol–water partition coefficient (Wildman–Crippen LogP) is 3.68. The smallest absolute Gasteiger partial charge is 0.224 e. The molecule has 0 aromatic carbocycles. The van der Waals surface area contributed by atoms with Crippen molar-refractivity contribution in [3.8, 4) is 0 Å². The summed E-state index contributed by atoms with van der Waals surface area (Å²) in [5.74, 6) is 2.56. The molecule has 2 rings (SSSR count). The topological polar surface area (TPSA) is 49.8 Å². The number of anilines is 2. The number of hydrogen-bond acceptors (Lipinski definition) is 4. The Morgan fingerprint density at radius 1 is 1.26 bits per heavy atom. The molecule has 0 aliphatic heterocycles. The zero-order chi connectivity index (χ0) is 13.5. The van der Waals surface area contributed by atoms with Crippen LogP contribution >= 0.6 is 0 Å².